The van der Waals surface area contributed by atoms with Crippen molar-refractivity contribution < 1.29 is 13.2 Å². The zero-order valence-corrected chi connectivity index (χ0v) is 18.8. The second-order valence-electron chi connectivity index (χ2n) is 7.71. The number of hydrogen-bond acceptors (Lipinski definition) is 4. The van der Waals surface area contributed by atoms with E-state index in [1.807, 2.05) is 31.2 Å². The van der Waals surface area contributed by atoms with E-state index >= 15 is 0 Å². The van der Waals surface area contributed by atoms with E-state index in [0.717, 1.165) is 11.9 Å². The zero-order chi connectivity index (χ0) is 22.6. The fourth-order valence-corrected chi connectivity index (χ4v) is 4.79. The number of amides is 1. The molecule has 0 spiro atoms. The predicted molar refractivity (Wildman–Crippen MR) is 120 cm³/mol. The number of aromatic nitrogens is 2. The van der Waals surface area contributed by atoms with Gasteiger partial charge in [-0.3, -0.25) is 13.9 Å². The molecule has 1 amide bonds. The molecule has 2 N–H and O–H groups in total. The number of imidazole rings is 1. The Morgan fingerprint density at radius 1 is 1.03 bits per heavy atom. The second kappa shape index (κ2) is 9.49. The molecule has 3 rings (SSSR count). The zero-order valence-electron chi connectivity index (χ0n) is 18.0. The van der Waals surface area contributed by atoms with Crippen LogP contribution in [-0.2, 0) is 34.5 Å². The van der Waals surface area contributed by atoms with Crippen molar-refractivity contribution in [2.45, 2.75) is 57.8 Å². The van der Waals surface area contributed by atoms with Gasteiger partial charge in [0.2, 0.25) is 15.9 Å². The van der Waals surface area contributed by atoms with Gasteiger partial charge in [0.1, 0.15) is 6.54 Å². The molecular formula is C22H28N4O4S. The van der Waals surface area contributed by atoms with Crippen LogP contribution in [0.25, 0.3) is 11.0 Å². The molecule has 31 heavy (non-hydrogen) atoms. The van der Waals surface area contributed by atoms with Gasteiger partial charge < -0.3 is 5.32 Å². The van der Waals surface area contributed by atoms with Gasteiger partial charge in [-0.2, -0.15) is 0 Å². The first-order valence-electron chi connectivity index (χ1n) is 10.3. The van der Waals surface area contributed by atoms with Crippen LogP contribution in [0.3, 0.4) is 0 Å². The third-order valence-electron chi connectivity index (χ3n) is 4.76. The van der Waals surface area contributed by atoms with Crippen LogP contribution in [0.15, 0.2) is 58.2 Å². The molecule has 0 radical (unpaired) electrons. The summed E-state index contributed by atoms with van der Waals surface area (Å²) in [6, 6.07) is 13.6. The molecule has 0 aliphatic rings. The molecule has 0 unspecified atom stereocenters. The lowest BCUT2D eigenvalue weighted by molar-refractivity contribution is -0.121. The molecule has 0 atom stereocenters. The van der Waals surface area contributed by atoms with Crippen molar-refractivity contribution >= 4 is 27.0 Å². The average Bonchev–Trinajstić information content (AvgIpc) is 2.98. The number of fused-ring (bicyclic) bond motifs is 1. The summed E-state index contributed by atoms with van der Waals surface area (Å²) in [5, 5.41) is 2.78. The Hall–Kier alpha value is -2.91. The smallest absolute Gasteiger partial charge is 0.329 e. The lowest BCUT2D eigenvalue weighted by Gasteiger charge is -2.11. The normalized spacial score (nSPS) is 11.9. The molecule has 1 aromatic heterocycles. The first kappa shape index (κ1) is 22.8. The third kappa shape index (κ3) is 5.23. The Balaban J connectivity index is 1.74. The lowest BCUT2D eigenvalue weighted by Crippen LogP contribution is -2.33. The number of hydrogen-bond donors (Lipinski definition) is 2. The highest BCUT2D eigenvalue weighted by Gasteiger charge is 2.17. The molecule has 0 fully saturated rings. The van der Waals surface area contributed by atoms with E-state index in [1.54, 1.807) is 30.5 Å². The summed E-state index contributed by atoms with van der Waals surface area (Å²) >= 11 is 0. The summed E-state index contributed by atoms with van der Waals surface area (Å²) in [4.78, 5) is 25.5. The lowest BCUT2D eigenvalue weighted by atomic mass is 10.2. The van der Waals surface area contributed by atoms with Crippen molar-refractivity contribution in [3.8, 4) is 0 Å². The molecule has 9 heteroatoms. The van der Waals surface area contributed by atoms with Crippen molar-refractivity contribution in [1.82, 2.24) is 19.2 Å². The molecule has 1 heterocycles. The summed E-state index contributed by atoms with van der Waals surface area (Å²) in [6.45, 7) is 6.13. The predicted octanol–water partition coefficient (Wildman–Crippen LogP) is 2.22. The van der Waals surface area contributed by atoms with Crippen molar-refractivity contribution in [2.75, 3.05) is 0 Å². The quantitative estimate of drug-likeness (QED) is 0.528. The number of carbonyl (C=O) groups is 1. The van der Waals surface area contributed by atoms with E-state index in [1.165, 1.54) is 16.7 Å². The van der Waals surface area contributed by atoms with Crippen molar-refractivity contribution in [2.24, 2.45) is 0 Å². The van der Waals surface area contributed by atoms with Crippen LogP contribution >= 0.6 is 0 Å². The van der Waals surface area contributed by atoms with Gasteiger partial charge in [0.05, 0.1) is 15.9 Å². The topological polar surface area (TPSA) is 102 Å². The Bertz CT molecular complexity index is 1240. The van der Waals surface area contributed by atoms with Crippen molar-refractivity contribution in [3.05, 3.63) is 64.6 Å². The number of nitrogens with zero attached hydrogens (tertiary/aromatic N) is 2. The van der Waals surface area contributed by atoms with Crippen LogP contribution in [0.1, 0.15) is 32.8 Å². The highest BCUT2D eigenvalue weighted by atomic mass is 32.2. The highest BCUT2D eigenvalue weighted by Crippen LogP contribution is 2.14. The number of benzene rings is 2. The van der Waals surface area contributed by atoms with Crippen molar-refractivity contribution in [3.63, 3.8) is 0 Å². The molecule has 8 nitrogen and oxygen atoms in total. The summed E-state index contributed by atoms with van der Waals surface area (Å²) in [5.74, 6) is -0.324. The fraction of sp³-hybridized carbons (Fsp3) is 0.364. The van der Waals surface area contributed by atoms with E-state index < -0.39 is 10.0 Å². The molecule has 3 aromatic rings. The molecule has 0 aliphatic carbocycles. The molecule has 0 saturated carbocycles. The highest BCUT2D eigenvalue weighted by molar-refractivity contribution is 7.89. The molecule has 0 bridgehead atoms. The van der Waals surface area contributed by atoms with E-state index in [4.69, 9.17) is 0 Å². The minimum atomic E-state index is -3.61. The number of carbonyl (C=O) groups excluding carboxylic acids is 1. The Labute approximate surface area is 181 Å². The molecular weight excluding hydrogens is 416 g/mol. The number of para-hydroxylation sites is 2. The first-order valence-corrected chi connectivity index (χ1v) is 11.8. The maximum absolute atomic E-state index is 12.8. The van der Waals surface area contributed by atoms with Gasteiger partial charge in [0, 0.05) is 19.1 Å². The van der Waals surface area contributed by atoms with Gasteiger partial charge in [-0.05, 0) is 50.1 Å². The summed E-state index contributed by atoms with van der Waals surface area (Å²) in [7, 11) is -3.61. The SMILES string of the molecule is CCCn1c(=O)n(CC(=O)NCc2cccc(S(=O)(=O)NC(C)C)c2)c2ccccc21. The molecule has 166 valence electrons. The van der Waals surface area contributed by atoms with E-state index in [2.05, 4.69) is 10.0 Å². The standard InChI is InChI=1S/C22H28N4O4S/c1-4-12-25-19-10-5-6-11-20(19)26(22(25)28)15-21(27)23-14-17-8-7-9-18(13-17)31(29,30)24-16(2)3/h5-11,13,16,24H,4,12,14-15H2,1-3H3,(H,23,27). The van der Waals surface area contributed by atoms with E-state index in [9.17, 15) is 18.0 Å². The largest absolute Gasteiger partial charge is 0.350 e. The van der Waals surface area contributed by atoms with Gasteiger partial charge in [0.15, 0.2) is 0 Å². The Kier molecular flexibility index (Phi) is 6.97. The average molecular weight is 445 g/mol. The maximum Gasteiger partial charge on any atom is 0.329 e. The maximum atomic E-state index is 12.8. The van der Waals surface area contributed by atoms with Crippen LogP contribution in [-0.4, -0.2) is 29.5 Å². The van der Waals surface area contributed by atoms with E-state index in [-0.39, 0.29) is 35.6 Å². The van der Waals surface area contributed by atoms with Crippen molar-refractivity contribution in [1.29, 1.82) is 0 Å². The van der Waals surface area contributed by atoms with Gasteiger partial charge in [-0.15, -0.1) is 0 Å². The van der Waals surface area contributed by atoms with Crippen LogP contribution in [0.2, 0.25) is 0 Å². The van der Waals surface area contributed by atoms with Crippen LogP contribution in [0.4, 0.5) is 0 Å². The minimum absolute atomic E-state index is 0.108. The molecule has 0 aliphatic heterocycles. The van der Waals surface area contributed by atoms with Gasteiger partial charge >= 0.3 is 5.69 Å². The van der Waals surface area contributed by atoms with Gasteiger partial charge in [0.25, 0.3) is 0 Å². The van der Waals surface area contributed by atoms with Gasteiger partial charge in [-0.1, -0.05) is 31.2 Å². The fourth-order valence-electron chi connectivity index (χ4n) is 3.47. The first-order chi connectivity index (χ1) is 14.7. The number of aryl methyl sites for hydroxylation is 1. The number of sulfonamides is 1. The Morgan fingerprint density at radius 3 is 2.35 bits per heavy atom. The number of rotatable bonds is 9. The van der Waals surface area contributed by atoms with Crippen LogP contribution in [0.5, 0.6) is 0 Å². The van der Waals surface area contributed by atoms with Crippen LogP contribution < -0.4 is 15.7 Å². The summed E-state index contributed by atoms with van der Waals surface area (Å²) in [6.07, 6.45) is 0.811. The molecule has 2 aromatic carbocycles. The minimum Gasteiger partial charge on any atom is -0.350 e. The van der Waals surface area contributed by atoms with E-state index in [0.29, 0.717) is 17.6 Å². The third-order valence-corrected chi connectivity index (χ3v) is 6.42. The monoisotopic (exact) mass is 444 g/mol. The Morgan fingerprint density at radius 2 is 1.71 bits per heavy atom. The molecule has 0 saturated heterocycles. The second-order valence-corrected chi connectivity index (χ2v) is 9.42. The van der Waals surface area contributed by atoms with Gasteiger partial charge in [-0.25, -0.2) is 17.9 Å². The number of nitrogens with one attached hydrogen (secondary N) is 2. The van der Waals surface area contributed by atoms with Crippen LogP contribution in [0, 0.1) is 0 Å². The summed E-state index contributed by atoms with van der Waals surface area (Å²) in [5.41, 5.74) is 1.95. The summed E-state index contributed by atoms with van der Waals surface area (Å²) < 4.78 is 30.4.